The number of nitrogens with zero attached hydrogens (tertiary/aromatic N) is 2. The number of nitrogens with two attached hydrogens (primary N) is 1. The fraction of sp³-hybridized carbons (Fsp3) is 0.615. The number of carboxylic acids is 1. The molecule has 1 saturated heterocycles. The average Bonchev–Trinajstić information content (AvgIpc) is 2.41. The molecule has 0 amide bonds. The number of nitrogens with one attached hydrogen (secondary N) is 1. The highest BCUT2D eigenvalue weighted by molar-refractivity contribution is 5.67. The summed E-state index contributed by atoms with van der Waals surface area (Å²) in [6, 6.07) is 0. The molecule has 1 aliphatic rings. The molecule has 0 saturated carbocycles. The number of aliphatic carboxylic acids is 1. The van der Waals surface area contributed by atoms with E-state index >= 15 is 0 Å². The normalized spacial score (nSPS) is 20.6. The molecule has 110 valence electrons. The van der Waals surface area contributed by atoms with Crippen molar-refractivity contribution in [3.63, 3.8) is 0 Å². The van der Waals surface area contributed by atoms with Crippen molar-refractivity contribution in [3.8, 4) is 0 Å². The van der Waals surface area contributed by atoms with Crippen LogP contribution in [0.1, 0.15) is 26.2 Å². The lowest BCUT2D eigenvalue weighted by Crippen LogP contribution is -2.40. The fourth-order valence-corrected chi connectivity index (χ4v) is 2.76. The van der Waals surface area contributed by atoms with Crippen molar-refractivity contribution in [3.05, 3.63) is 16.7 Å². The Morgan fingerprint density at radius 2 is 2.45 bits per heavy atom. The number of anilines is 2. The standard InChI is InChI=1S/C13H20N4O3/c1-8(5-10(18)19)9-3-2-4-17(6-9)12-11(14)13(20)16-7-15-12/h7-9H,2-6,14H2,1H3,(H,18,19)(H,15,16,20). The van der Waals surface area contributed by atoms with Gasteiger partial charge in [0.05, 0.1) is 6.33 Å². The van der Waals surface area contributed by atoms with Crippen LogP contribution in [-0.4, -0.2) is 34.1 Å². The number of hydrogen-bond acceptors (Lipinski definition) is 5. The van der Waals surface area contributed by atoms with E-state index in [2.05, 4.69) is 9.97 Å². The maximum absolute atomic E-state index is 11.5. The number of aromatic amines is 1. The Morgan fingerprint density at radius 1 is 1.70 bits per heavy atom. The average molecular weight is 280 g/mol. The molecule has 2 atom stereocenters. The van der Waals surface area contributed by atoms with E-state index < -0.39 is 5.97 Å². The topological polar surface area (TPSA) is 112 Å². The van der Waals surface area contributed by atoms with Gasteiger partial charge < -0.3 is 20.7 Å². The van der Waals surface area contributed by atoms with Crippen molar-refractivity contribution in [2.45, 2.75) is 26.2 Å². The minimum atomic E-state index is -0.775. The van der Waals surface area contributed by atoms with Gasteiger partial charge in [-0.15, -0.1) is 0 Å². The smallest absolute Gasteiger partial charge is 0.303 e. The summed E-state index contributed by atoms with van der Waals surface area (Å²) >= 11 is 0. The third kappa shape index (κ3) is 3.09. The molecule has 0 spiro atoms. The van der Waals surface area contributed by atoms with E-state index in [1.165, 1.54) is 6.33 Å². The van der Waals surface area contributed by atoms with Crippen molar-refractivity contribution in [2.24, 2.45) is 11.8 Å². The summed E-state index contributed by atoms with van der Waals surface area (Å²) in [5, 5.41) is 8.89. The minimum absolute atomic E-state index is 0.0959. The molecule has 1 aromatic heterocycles. The molecule has 2 unspecified atom stereocenters. The number of aromatic nitrogens is 2. The van der Waals surface area contributed by atoms with Gasteiger partial charge in [-0.1, -0.05) is 6.92 Å². The van der Waals surface area contributed by atoms with E-state index in [0.29, 0.717) is 12.4 Å². The third-order valence-corrected chi connectivity index (χ3v) is 3.93. The first-order valence-electron chi connectivity index (χ1n) is 6.79. The summed E-state index contributed by atoms with van der Waals surface area (Å²) in [6.07, 6.45) is 3.45. The molecule has 0 bridgehead atoms. The minimum Gasteiger partial charge on any atom is -0.481 e. The van der Waals surface area contributed by atoms with E-state index in [-0.39, 0.29) is 29.5 Å². The van der Waals surface area contributed by atoms with Gasteiger partial charge in [-0.05, 0) is 24.7 Å². The lowest BCUT2D eigenvalue weighted by molar-refractivity contribution is -0.138. The Hall–Kier alpha value is -2.05. The Labute approximate surface area is 116 Å². The van der Waals surface area contributed by atoms with Crippen LogP contribution >= 0.6 is 0 Å². The van der Waals surface area contributed by atoms with Crippen molar-refractivity contribution in [1.29, 1.82) is 0 Å². The van der Waals surface area contributed by atoms with Crippen LogP contribution in [0.2, 0.25) is 0 Å². The molecule has 1 aromatic rings. The van der Waals surface area contributed by atoms with Gasteiger partial charge in [0.1, 0.15) is 5.69 Å². The van der Waals surface area contributed by atoms with Crippen LogP contribution in [0.4, 0.5) is 11.5 Å². The number of nitrogen functional groups attached to an aromatic ring is 1. The number of H-pyrrole nitrogens is 1. The zero-order chi connectivity index (χ0) is 14.7. The second-order valence-corrected chi connectivity index (χ2v) is 5.39. The second-order valence-electron chi connectivity index (χ2n) is 5.39. The first-order chi connectivity index (χ1) is 9.49. The summed E-state index contributed by atoms with van der Waals surface area (Å²) in [7, 11) is 0. The van der Waals surface area contributed by atoms with Crippen LogP contribution in [0.3, 0.4) is 0 Å². The first kappa shape index (κ1) is 14.4. The van der Waals surface area contributed by atoms with Gasteiger partial charge in [0, 0.05) is 19.5 Å². The van der Waals surface area contributed by atoms with Gasteiger partial charge in [-0.3, -0.25) is 9.59 Å². The fourth-order valence-electron chi connectivity index (χ4n) is 2.76. The van der Waals surface area contributed by atoms with Gasteiger partial charge in [0.25, 0.3) is 5.56 Å². The van der Waals surface area contributed by atoms with E-state index in [4.69, 9.17) is 10.8 Å². The monoisotopic (exact) mass is 280 g/mol. The number of hydrogen-bond donors (Lipinski definition) is 3. The van der Waals surface area contributed by atoms with Gasteiger partial charge in [0.15, 0.2) is 5.82 Å². The zero-order valence-corrected chi connectivity index (χ0v) is 11.5. The molecular weight excluding hydrogens is 260 g/mol. The highest BCUT2D eigenvalue weighted by Gasteiger charge is 2.27. The molecule has 7 nitrogen and oxygen atoms in total. The van der Waals surface area contributed by atoms with Gasteiger partial charge in [0.2, 0.25) is 0 Å². The molecule has 4 N–H and O–H groups in total. The maximum Gasteiger partial charge on any atom is 0.303 e. The van der Waals surface area contributed by atoms with Crippen molar-refractivity contribution in [2.75, 3.05) is 23.7 Å². The summed E-state index contributed by atoms with van der Waals surface area (Å²) < 4.78 is 0. The molecule has 7 heteroatoms. The summed E-state index contributed by atoms with van der Waals surface area (Å²) in [6.45, 7) is 3.43. The maximum atomic E-state index is 11.5. The number of carboxylic acid groups (broad SMARTS) is 1. The van der Waals surface area contributed by atoms with Crippen molar-refractivity contribution < 1.29 is 9.90 Å². The lowest BCUT2D eigenvalue weighted by Gasteiger charge is -2.36. The predicted molar refractivity (Wildman–Crippen MR) is 75.6 cm³/mol. The molecule has 0 radical (unpaired) electrons. The summed E-state index contributed by atoms with van der Waals surface area (Å²) in [4.78, 5) is 30.9. The largest absolute Gasteiger partial charge is 0.481 e. The molecule has 1 fully saturated rings. The molecule has 2 rings (SSSR count). The van der Waals surface area contributed by atoms with Gasteiger partial charge >= 0.3 is 5.97 Å². The Morgan fingerprint density at radius 3 is 3.15 bits per heavy atom. The predicted octanol–water partition coefficient (Wildman–Crippen LogP) is 0.679. The second kappa shape index (κ2) is 5.94. The van der Waals surface area contributed by atoms with E-state index in [1.54, 1.807) is 0 Å². The number of rotatable bonds is 4. The van der Waals surface area contributed by atoms with Crippen LogP contribution in [-0.2, 0) is 4.79 Å². The number of carbonyl (C=O) groups is 1. The molecule has 0 aromatic carbocycles. The van der Waals surface area contributed by atoms with Gasteiger partial charge in [-0.2, -0.15) is 0 Å². The summed E-state index contributed by atoms with van der Waals surface area (Å²) in [5.74, 6) is 0.100. The summed E-state index contributed by atoms with van der Waals surface area (Å²) in [5.41, 5.74) is 5.56. The zero-order valence-electron chi connectivity index (χ0n) is 11.5. The molecule has 20 heavy (non-hydrogen) atoms. The van der Waals surface area contributed by atoms with Crippen molar-refractivity contribution in [1.82, 2.24) is 9.97 Å². The van der Waals surface area contributed by atoms with Crippen LogP contribution in [0.15, 0.2) is 11.1 Å². The molecule has 1 aliphatic heterocycles. The van der Waals surface area contributed by atoms with Crippen LogP contribution < -0.4 is 16.2 Å². The quantitative estimate of drug-likeness (QED) is 0.747. The van der Waals surface area contributed by atoms with E-state index in [1.807, 2.05) is 11.8 Å². The van der Waals surface area contributed by atoms with Crippen molar-refractivity contribution >= 4 is 17.5 Å². The molecule has 2 heterocycles. The number of piperidine rings is 1. The third-order valence-electron chi connectivity index (χ3n) is 3.93. The Bertz CT molecular complexity index is 543. The Balaban J connectivity index is 2.12. The van der Waals surface area contributed by atoms with E-state index in [0.717, 1.165) is 19.4 Å². The van der Waals surface area contributed by atoms with Crippen LogP contribution in [0.25, 0.3) is 0 Å². The van der Waals surface area contributed by atoms with E-state index in [9.17, 15) is 9.59 Å². The lowest BCUT2D eigenvalue weighted by atomic mass is 9.84. The SMILES string of the molecule is CC(CC(=O)O)C1CCCN(c2nc[nH]c(=O)c2N)C1. The van der Waals surface area contributed by atoms with Crippen LogP contribution in [0.5, 0.6) is 0 Å². The molecule has 0 aliphatic carbocycles. The van der Waals surface area contributed by atoms with Gasteiger partial charge in [-0.25, -0.2) is 4.98 Å². The molecular formula is C13H20N4O3. The highest BCUT2D eigenvalue weighted by Crippen LogP contribution is 2.29. The highest BCUT2D eigenvalue weighted by atomic mass is 16.4. The first-order valence-corrected chi connectivity index (χ1v) is 6.79. The Kier molecular flexibility index (Phi) is 4.26. The van der Waals surface area contributed by atoms with Crippen LogP contribution in [0, 0.1) is 11.8 Å².